The van der Waals surface area contributed by atoms with Crippen LogP contribution in [0, 0.1) is 13.8 Å². The molecule has 0 unspecified atom stereocenters. The monoisotopic (exact) mass is 427 g/mol. The van der Waals surface area contributed by atoms with Gasteiger partial charge in [0.1, 0.15) is 5.75 Å². The molecule has 0 amide bonds. The van der Waals surface area contributed by atoms with Gasteiger partial charge in [0.2, 0.25) is 5.78 Å². The van der Waals surface area contributed by atoms with Crippen molar-refractivity contribution in [3.05, 3.63) is 52.8 Å². The van der Waals surface area contributed by atoms with Gasteiger partial charge in [0.05, 0.1) is 6.10 Å². The molecule has 1 fully saturated rings. The number of aryl methyl sites for hydroxylation is 1. The molecule has 1 aromatic carbocycles. The Morgan fingerprint density at radius 2 is 1.84 bits per heavy atom. The molecule has 0 spiro atoms. The molecule has 0 bridgehead atoms. The highest BCUT2D eigenvalue weighted by Crippen LogP contribution is 2.21. The van der Waals surface area contributed by atoms with Crippen molar-refractivity contribution in [2.75, 3.05) is 19.8 Å². The lowest BCUT2D eigenvalue weighted by Crippen LogP contribution is -2.20. The van der Waals surface area contributed by atoms with E-state index in [0.717, 1.165) is 37.4 Å². The second kappa shape index (κ2) is 10.4. The van der Waals surface area contributed by atoms with Crippen molar-refractivity contribution in [1.82, 2.24) is 4.57 Å². The van der Waals surface area contributed by atoms with Crippen LogP contribution in [0.5, 0.6) is 5.75 Å². The normalized spacial score (nSPS) is 15.6. The van der Waals surface area contributed by atoms with Gasteiger partial charge in [-0.3, -0.25) is 9.59 Å². The fraction of sp³-hybridized carbons (Fsp3) is 0.458. The molecule has 0 aliphatic carbocycles. The van der Waals surface area contributed by atoms with Crippen LogP contribution in [0.3, 0.4) is 0 Å². The highest BCUT2D eigenvalue weighted by Gasteiger charge is 2.21. The molecule has 7 nitrogen and oxygen atoms in total. The summed E-state index contributed by atoms with van der Waals surface area (Å²) in [5, 5.41) is 0. The SMILES string of the molecule is CCC(=O)c1ccc(OCC(=O)OCC(=O)c2cc(C)n(C[C@@H]3CCCO3)c2C)cc1. The van der Waals surface area contributed by atoms with Crippen molar-refractivity contribution in [3.63, 3.8) is 0 Å². The third-order valence-electron chi connectivity index (χ3n) is 5.50. The number of ketones is 2. The molecular weight excluding hydrogens is 398 g/mol. The van der Waals surface area contributed by atoms with Crippen LogP contribution in [0.25, 0.3) is 0 Å². The van der Waals surface area contributed by atoms with Gasteiger partial charge in [0, 0.05) is 42.1 Å². The maximum atomic E-state index is 12.6. The van der Waals surface area contributed by atoms with Gasteiger partial charge < -0.3 is 18.8 Å². The highest BCUT2D eigenvalue weighted by atomic mass is 16.6. The topological polar surface area (TPSA) is 83.8 Å². The lowest BCUT2D eigenvalue weighted by Gasteiger charge is -2.14. The van der Waals surface area contributed by atoms with E-state index in [9.17, 15) is 14.4 Å². The maximum Gasteiger partial charge on any atom is 0.344 e. The third-order valence-corrected chi connectivity index (χ3v) is 5.50. The molecule has 2 aromatic rings. The first-order chi connectivity index (χ1) is 14.9. The first-order valence-corrected chi connectivity index (χ1v) is 10.6. The summed E-state index contributed by atoms with van der Waals surface area (Å²) in [6.45, 7) is 6.51. The summed E-state index contributed by atoms with van der Waals surface area (Å²) < 4.78 is 18.3. The minimum Gasteiger partial charge on any atom is -0.482 e. The molecule has 2 heterocycles. The lowest BCUT2D eigenvalue weighted by molar-refractivity contribution is -0.144. The molecule has 0 radical (unpaired) electrons. The van der Waals surface area contributed by atoms with E-state index in [2.05, 4.69) is 4.57 Å². The molecule has 1 atom stereocenters. The van der Waals surface area contributed by atoms with Crippen LogP contribution >= 0.6 is 0 Å². The predicted octanol–water partition coefficient (Wildman–Crippen LogP) is 3.68. The first-order valence-electron chi connectivity index (χ1n) is 10.6. The van der Waals surface area contributed by atoms with Gasteiger partial charge in [-0.15, -0.1) is 0 Å². The number of hydrogen-bond acceptors (Lipinski definition) is 6. The summed E-state index contributed by atoms with van der Waals surface area (Å²) in [4.78, 5) is 36.2. The van der Waals surface area contributed by atoms with Crippen LogP contribution in [0.4, 0.5) is 0 Å². The number of hydrogen-bond donors (Lipinski definition) is 0. The number of ether oxygens (including phenoxy) is 3. The van der Waals surface area contributed by atoms with E-state index in [0.29, 0.717) is 23.3 Å². The van der Waals surface area contributed by atoms with Crippen LogP contribution in [0.2, 0.25) is 0 Å². The average molecular weight is 427 g/mol. The summed E-state index contributed by atoms with van der Waals surface area (Å²) in [6, 6.07) is 8.40. The van der Waals surface area contributed by atoms with E-state index in [1.165, 1.54) is 0 Å². The Labute approximate surface area is 182 Å². The number of esters is 1. The molecule has 1 saturated heterocycles. The Hall–Kier alpha value is -2.93. The lowest BCUT2D eigenvalue weighted by atomic mass is 10.1. The van der Waals surface area contributed by atoms with E-state index < -0.39 is 5.97 Å². The zero-order valence-electron chi connectivity index (χ0n) is 18.3. The number of carbonyl (C=O) groups excluding carboxylic acids is 3. The van der Waals surface area contributed by atoms with Crippen molar-refractivity contribution in [1.29, 1.82) is 0 Å². The van der Waals surface area contributed by atoms with Crippen molar-refractivity contribution in [3.8, 4) is 5.75 Å². The van der Waals surface area contributed by atoms with Crippen LogP contribution in [0.1, 0.15) is 58.3 Å². The molecule has 166 valence electrons. The highest BCUT2D eigenvalue weighted by molar-refractivity contribution is 5.99. The average Bonchev–Trinajstić information content (AvgIpc) is 3.39. The van der Waals surface area contributed by atoms with E-state index in [1.54, 1.807) is 31.2 Å². The second-order valence-corrected chi connectivity index (χ2v) is 7.70. The molecule has 1 aliphatic heterocycles. The Kier molecular flexibility index (Phi) is 7.63. The quantitative estimate of drug-likeness (QED) is 0.425. The first kappa shape index (κ1) is 22.7. The third kappa shape index (κ3) is 5.82. The molecule has 0 N–H and O–H groups in total. The van der Waals surface area contributed by atoms with Gasteiger partial charge in [-0.25, -0.2) is 4.79 Å². The van der Waals surface area contributed by atoms with Crippen molar-refractivity contribution < 1.29 is 28.6 Å². The zero-order valence-corrected chi connectivity index (χ0v) is 18.3. The molecule has 7 heteroatoms. The molecule has 1 aromatic heterocycles. The number of aromatic nitrogens is 1. The summed E-state index contributed by atoms with van der Waals surface area (Å²) in [6.07, 6.45) is 2.69. The van der Waals surface area contributed by atoms with E-state index in [4.69, 9.17) is 14.2 Å². The van der Waals surface area contributed by atoms with Crippen molar-refractivity contribution in [2.24, 2.45) is 0 Å². The predicted molar refractivity (Wildman–Crippen MR) is 115 cm³/mol. The number of Topliss-reactive ketones (excluding diaryl/α,β-unsaturated/α-hetero) is 2. The summed E-state index contributed by atoms with van der Waals surface area (Å²) in [5.74, 6) is -0.383. The van der Waals surface area contributed by atoms with Gasteiger partial charge >= 0.3 is 5.97 Å². The molecule has 1 aliphatic rings. The van der Waals surface area contributed by atoms with Gasteiger partial charge in [-0.05, 0) is 57.0 Å². The Bertz CT molecular complexity index is 938. The minimum atomic E-state index is -0.629. The zero-order chi connectivity index (χ0) is 22.4. The molecule has 31 heavy (non-hydrogen) atoms. The van der Waals surface area contributed by atoms with Crippen LogP contribution < -0.4 is 4.74 Å². The van der Waals surface area contributed by atoms with Gasteiger partial charge in [0.25, 0.3) is 0 Å². The smallest absolute Gasteiger partial charge is 0.344 e. The Balaban J connectivity index is 1.49. The molecule has 0 saturated carbocycles. The van der Waals surface area contributed by atoms with Gasteiger partial charge in [0.15, 0.2) is 19.0 Å². The van der Waals surface area contributed by atoms with E-state index in [1.807, 2.05) is 19.9 Å². The van der Waals surface area contributed by atoms with Crippen LogP contribution in [-0.4, -0.2) is 48.0 Å². The standard InChI is InChI=1S/C24H29NO6/c1-4-22(26)18-7-9-19(10-8-18)30-15-24(28)31-14-23(27)21-12-16(2)25(17(21)3)13-20-6-5-11-29-20/h7-10,12,20H,4-6,11,13-15H2,1-3H3/t20-/m0/s1. The van der Waals surface area contributed by atoms with Crippen molar-refractivity contribution >= 4 is 17.5 Å². The molecular formula is C24H29NO6. The number of nitrogens with zero attached hydrogens (tertiary/aromatic N) is 1. The van der Waals surface area contributed by atoms with Crippen LogP contribution in [0.15, 0.2) is 30.3 Å². The number of carbonyl (C=O) groups is 3. The summed E-state index contributed by atoms with van der Waals surface area (Å²) in [7, 11) is 0. The Morgan fingerprint density at radius 1 is 1.10 bits per heavy atom. The second-order valence-electron chi connectivity index (χ2n) is 7.70. The van der Waals surface area contributed by atoms with Crippen molar-refractivity contribution in [2.45, 2.75) is 52.7 Å². The largest absolute Gasteiger partial charge is 0.482 e. The minimum absolute atomic E-state index is 0.0413. The van der Waals surface area contributed by atoms with Gasteiger partial charge in [-0.2, -0.15) is 0 Å². The number of benzene rings is 1. The Morgan fingerprint density at radius 3 is 2.48 bits per heavy atom. The van der Waals surface area contributed by atoms with Crippen LogP contribution in [-0.2, 0) is 20.8 Å². The summed E-state index contributed by atoms with van der Waals surface area (Å²) >= 11 is 0. The fourth-order valence-electron chi connectivity index (χ4n) is 3.71. The van der Waals surface area contributed by atoms with Gasteiger partial charge in [-0.1, -0.05) is 6.92 Å². The van der Waals surface area contributed by atoms with E-state index in [-0.39, 0.29) is 30.9 Å². The summed E-state index contributed by atoms with van der Waals surface area (Å²) in [5.41, 5.74) is 2.99. The fourth-order valence-corrected chi connectivity index (χ4v) is 3.71. The molecule has 3 rings (SSSR count). The van der Waals surface area contributed by atoms with E-state index >= 15 is 0 Å². The maximum absolute atomic E-state index is 12.6. The number of rotatable bonds is 10.